The molecule has 0 saturated carbocycles. The molecule has 1 aliphatic rings. The maximum absolute atomic E-state index is 12.1. The molecule has 1 fully saturated rings. The van der Waals surface area contributed by atoms with Gasteiger partial charge in [0.2, 0.25) is 5.91 Å². The first kappa shape index (κ1) is 15.4. The summed E-state index contributed by atoms with van der Waals surface area (Å²) in [7, 11) is 0. The predicted octanol–water partition coefficient (Wildman–Crippen LogP) is 1.32. The average molecular weight is 255 g/mol. The van der Waals surface area contributed by atoms with Crippen molar-refractivity contribution in [2.45, 2.75) is 46.1 Å². The molecular weight excluding hydrogens is 226 g/mol. The number of rotatable bonds is 8. The van der Waals surface area contributed by atoms with Gasteiger partial charge in [0.25, 0.3) is 0 Å². The van der Waals surface area contributed by atoms with Gasteiger partial charge < -0.3 is 10.2 Å². The lowest BCUT2D eigenvalue weighted by Gasteiger charge is -2.27. The second-order valence-corrected chi connectivity index (χ2v) is 5.09. The lowest BCUT2D eigenvalue weighted by Crippen LogP contribution is -2.44. The molecule has 1 saturated heterocycles. The molecule has 1 rings (SSSR count). The first-order chi connectivity index (χ1) is 8.71. The Bertz CT molecular complexity index is 235. The van der Waals surface area contributed by atoms with E-state index in [1.54, 1.807) is 0 Å². The van der Waals surface area contributed by atoms with Gasteiger partial charge in [0.15, 0.2) is 0 Å². The number of carbonyl (C=O) groups excluding carboxylic acids is 1. The van der Waals surface area contributed by atoms with Crippen molar-refractivity contribution in [3.8, 4) is 0 Å². The molecule has 1 heterocycles. The van der Waals surface area contributed by atoms with Crippen molar-refractivity contribution in [1.29, 1.82) is 0 Å². The van der Waals surface area contributed by atoms with Crippen molar-refractivity contribution < 1.29 is 4.79 Å². The summed E-state index contributed by atoms with van der Waals surface area (Å²) in [6.07, 6.45) is 3.63. The molecule has 0 aliphatic carbocycles. The van der Waals surface area contributed by atoms with Crippen LogP contribution in [0.4, 0.5) is 0 Å². The molecule has 1 unspecified atom stereocenters. The average Bonchev–Trinajstić information content (AvgIpc) is 2.83. The molecule has 4 nitrogen and oxygen atoms in total. The summed E-state index contributed by atoms with van der Waals surface area (Å²) in [6, 6.07) is 0.584. The summed E-state index contributed by atoms with van der Waals surface area (Å²) < 4.78 is 0. The van der Waals surface area contributed by atoms with Crippen LogP contribution in [0.5, 0.6) is 0 Å². The van der Waals surface area contributed by atoms with Crippen LogP contribution in [0.1, 0.15) is 40.0 Å². The van der Waals surface area contributed by atoms with Crippen molar-refractivity contribution in [1.82, 2.24) is 15.1 Å². The van der Waals surface area contributed by atoms with E-state index in [0.29, 0.717) is 12.6 Å². The number of likely N-dealkylation sites (N-methyl/N-ethyl adjacent to an activating group) is 1. The molecule has 1 N–H and O–H groups in total. The molecule has 0 bridgehead atoms. The van der Waals surface area contributed by atoms with Crippen molar-refractivity contribution in [3.63, 3.8) is 0 Å². The molecular formula is C14H29N3O. The summed E-state index contributed by atoms with van der Waals surface area (Å²) in [5, 5.41) is 3.51. The van der Waals surface area contributed by atoms with Gasteiger partial charge in [0.05, 0.1) is 6.54 Å². The predicted molar refractivity (Wildman–Crippen MR) is 75.7 cm³/mol. The SMILES string of the molecule is CCCN(CC(=O)N(CC)CC)CC1CCCN1. The first-order valence-corrected chi connectivity index (χ1v) is 7.44. The van der Waals surface area contributed by atoms with Crippen LogP contribution in [0.15, 0.2) is 0 Å². The Hall–Kier alpha value is -0.610. The van der Waals surface area contributed by atoms with E-state index in [9.17, 15) is 4.79 Å². The summed E-state index contributed by atoms with van der Waals surface area (Å²) in [5.41, 5.74) is 0. The van der Waals surface area contributed by atoms with Gasteiger partial charge in [-0.05, 0) is 46.2 Å². The molecule has 0 spiro atoms. The highest BCUT2D eigenvalue weighted by molar-refractivity contribution is 5.78. The van der Waals surface area contributed by atoms with Crippen LogP contribution in [-0.2, 0) is 4.79 Å². The summed E-state index contributed by atoms with van der Waals surface area (Å²) in [4.78, 5) is 16.4. The molecule has 1 aliphatic heterocycles. The lowest BCUT2D eigenvalue weighted by atomic mass is 10.2. The van der Waals surface area contributed by atoms with Crippen LogP contribution < -0.4 is 5.32 Å². The molecule has 4 heteroatoms. The van der Waals surface area contributed by atoms with E-state index < -0.39 is 0 Å². The number of hydrogen-bond acceptors (Lipinski definition) is 3. The van der Waals surface area contributed by atoms with E-state index >= 15 is 0 Å². The quantitative estimate of drug-likeness (QED) is 0.710. The number of carbonyl (C=O) groups is 1. The Morgan fingerprint density at radius 2 is 2.00 bits per heavy atom. The topological polar surface area (TPSA) is 35.6 Å². The van der Waals surface area contributed by atoms with Gasteiger partial charge in [-0.15, -0.1) is 0 Å². The minimum absolute atomic E-state index is 0.270. The van der Waals surface area contributed by atoms with E-state index in [2.05, 4.69) is 17.1 Å². The minimum atomic E-state index is 0.270. The van der Waals surface area contributed by atoms with Gasteiger partial charge in [0.1, 0.15) is 0 Å². The van der Waals surface area contributed by atoms with E-state index in [4.69, 9.17) is 0 Å². The van der Waals surface area contributed by atoms with Crippen LogP contribution in [0.25, 0.3) is 0 Å². The summed E-state index contributed by atoms with van der Waals surface area (Å²) >= 11 is 0. The highest BCUT2D eigenvalue weighted by atomic mass is 16.2. The lowest BCUT2D eigenvalue weighted by molar-refractivity contribution is -0.132. The molecule has 0 aromatic carbocycles. The van der Waals surface area contributed by atoms with Gasteiger partial charge in [-0.1, -0.05) is 6.92 Å². The Kier molecular flexibility index (Phi) is 7.28. The largest absolute Gasteiger partial charge is 0.342 e. The zero-order valence-corrected chi connectivity index (χ0v) is 12.2. The Balaban J connectivity index is 2.42. The van der Waals surface area contributed by atoms with Crippen LogP contribution in [0, 0.1) is 0 Å². The highest BCUT2D eigenvalue weighted by Gasteiger charge is 2.20. The van der Waals surface area contributed by atoms with Gasteiger partial charge in [-0.2, -0.15) is 0 Å². The zero-order chi connectivity index (χ0) is 13.4. The van der Waals surface area contributed by atoms with Gasteiger partial charge in [0, 0.05) is 25.7 Å². The van der Waals surface area contributed by atoms with Crippen LogP contribution in [0.3, 0.4) is 0 Å². The van der Waals surface area contributed by atoms with Crippen LogP contribution in [0.2, 0.25) is 0 Å². The monoisotopic (exact) mass is 255 g/mol. The molecule has 106 valence electrons. The molecule has 0 aromatic rings. The second kappa shape index (κ2) is 8.48. The van der Waals surface area contributed by atoms with E-state index in [1.807, 2.05) is 18.7 Å². The second-order valence-electron chi connectivity index (χ2n) is 5.09. The smallest absolute Gasteiger partial charge is 0.236 e. The number of hydrogen-bond donors (Lipinski definition) is 1. The standard InChI is InChI=1S/C14H29N3O/c1-4-10-16(11-13-8-7-9-15-13)12-14(18)17(5-2)6-3/h13,15H,4-12H2,1-3H3. The number of nitrogens with zero attached hydrogens (tertiary/aromatic N) is 2. The van der Waals surface area contributed by atoms with Crippen molar-refractivity contribution in [2.75, 3.05) is 39.3 Å². The number of amides is 1. The third-order valence-corrected chi connectivity index (χ3v) is 3.66. The van der Waals surface area contributed by atoms with Crippen molar-refractivity contribution >= 4 is 5.91 Å². The Morgan fingerprint density at radius 3 is 2.50 bits per heavy atom. The Morgan fingerprint density at radius 1 is 1.28 bits per heavy atom. The third kappa shape index (κ3) is 4.94. The maximum atomic E-state index is 12.1. The zero-order valence-electron chi connectivity index (χ0n) is 12.2. The highest BCUT2D eigenvalue weighted by Crippen LogP contribution is 2.07. The summed E-state index contributed by atoms with van der Waals surface area (Å²) in [6.45, 7) is 11.6. The van der Waals surface area contributed by atoms with E-state index in [0.717, 1.165) is 39.1 Å². The molecule has 0 aromatic heterocycles. The molecule has 1 amide bonds. The molecule has 18 heavy (non-hydrogen) atoms. The molecule has 1 atom stereocenters. The Labute approximate surface area is 112 Å². The molecule has 0 radical (unpaired) electrons. The first-order valence-electron chi connectivity index (χ1n) is 7.44. The van der Waals surface area contributed by atoms with Crippen LogP contribution >= 0.6 is 0 Å². The van der Waals surface area contributed by atoms with Crippen molar-refractivity contribution in [2.24, 2.45) is 0 Å². The minimum Gasteiger partial charge on any atom is -0.342 e. The number of nitrogens with one attached hydrogen (secondary N) is 1. The fraction of sp³-hybridized carbons (Fsp3) is 0.929. The van der Waals surface area contributed by atoms with E-state index in [-0.39, 0.29) is 5.91 Å². The summed E-state index contributed by atoms with van der Waals surface area (Å²) in [5.74, 6) is 0.270. The third-order valence-electron chi connectivity index (χ3n) is 3.66. The fourth-order valence-corrected chi connectivity index (χ4v) is 2.64. The van der Waals surface area contributed by atoms with E-state index in [1.165, 1.54) is 12.8 Å². The maximum Gasteiger partial charge on any atom is 0.236 e. The normalized spacial score (nSPS) is 19.4. The fourth-order valence-electron chi connectivity index (χ4n) is 2.64. The van der Waals surface area contributed by atoms with Crippen molar-refractivity contribution in [3.05, 3.63) is 0 Å². The van der Waals surface area contributed by atoms with Gasteiger partial charge in [-0.25, -0.2) is 0 Å². The van der Waals surface area contributed by atoms with Gasteiger partial charge in [-0.3, -0.25) is 9.69 Å². The van der Waals surface area contributed by atoms with Gasteiger partial charge >= 0.3 is 0 Å². The van der Waals surface area contributed by atoms with Crippen LogP contribution in [-0.4, -0.2) is 61.0 Å².